The van der Waals surface area contributed by atoms with Crippen LogP contribution in [0.15, 0.2) is 58.5 Å². The quantitative estimate of drug-likeness (QED) is 0.366. The number of anilines is 1. The van der Waals surface area contributed by atoms with E-state index in [0.29, 0.717) is 32.3 Å². The molecule has 0 aliphatic rings. The van der Waals surface area contributed by atoms with Crippen molar-refractivity contribution in [1.29, 1.82) is 5.26 Å². The number of rotatable bonds is 4. The van der Waals surface area contributed by atoms with Crippen LogP contribution >= 0.6 is 34.8 Å². The van der Waals surface area contributed by atoms with E-state index in [1.54, 1.807) is 42.5 Å². The molecule has 3 rings (SSSR count). The average molecular weight is 432 g/mol. The summed E-state index contributed by atoms with van der Waals surface area (Å²) in [5.41, 5.74) is 1.86. The molecule has 28 heavy (non-hydrogen) atoms. The maximum absolute atomic E-state index is 12.5. The minimum Gasteiger partial charge on any atom is -0.457 e. The first-order valence-corrected chi connectivity index (χ1v) is 9.26. The summed E-state index contributed by atoms with van der Waals surface area (Å²) in [5, 5.41) is 13.3. The molecule has 1 amide bonds. The van der Waals surface area contributed by atoms with E-state index in [1.807, 2.05) is 19.1 Å². The van der Waals surface area contributed by atoms with Crippen LogP contribution in [0.3, 0.4) is 0 Å². The SMILES string of the molecule is Cc1cccc(Cl)c1NC(=O)/C(C#N)=C/c1ccc(-c2ccc(Cl)c(Cl)c2)o1. The van der Waals surface area contributed by atoms with Crippen molar-refractivity contribution in [2.45, 2.75) is 6.92 Å². The molecule has 0 radical (unpaired) electrons. The van der Waals surface area contributed by atoms with Crippen LogP contribution in [0, 0.1) is 18.3 Å². The van der Waals surface area contributed by atoms with Crippen molar-refractivity contribution < 1.29 is 9.21 Å². The van der Waals surface area contributed by atoms with Crippen LogP contribution in [-0.2, 0) is 4.79 Å². The van der Waals surface area contributed by atoms with Gasteiger partial charge in [0.2, 0.25) is 0 Å². The second-order valence-corrected chi connectivity index (χ2v) is 7.11. The second-order valence-electron chi connectivity index (χ2n) is 5.89. The number of amides is 1. The number of hydrogen-bond donors (Lipinski definition) is 1. The molecule has 1 heterocycles. The molecule has 4 nitrogen and oxygen atoms in total. The van der Waals surface area contributed by atoms with Gasteiger partial charge in [-0.3, -0.25) is 4.79 Å². The van der Waals surface area contributed by atoms with Crippen LogP contribution < -0.4 is 5.32 Å². The van der Waals surface area contributed by atoms with Crippen molar-refractivity contribution in [2.24, 2.45) is 0 Å². The van der Waals surface area contributed by atoms with Gasteiger partial charge >= 0.3 is 0 Å². The summed E-state index contributed by atoms with van der Waals surface area (Å²) >= 11 is 18.1. The highest BCUT2D eigenvalue weighted by Crippen LogP contribution is 2.30. The molecule has 0 saturated carbocycles. The van der Waals surface area contributed by atoms with E-state index in [2.05, 4.69) is 5.32 Å². The standard InChI is InChI=1S/C21H13Cl3N2O2/c1-12-3-2-4-17(23)20(12)26-21(27)14(11-25)9-15-6-8-19(28-15)13-5-7-16(22)18(24)10-13/h2-10H,1H3,(H,26,27)/b14-9+. The van der Waals surface area contributed by atoms with Gasteiger partial charge in [-0.25, -0.2) is 0 Å². The summed E-state index contributed by atoms with van der Waals surface area (Å²) in [4.78, 5) is 12.5. The summed E-state index contributed by atoms with van der Waals surface area (Å²) in [6, 6.07) is 15.6. The van der Waals surface area contributed by atoms with Crippen LogP contribution in [0.4, 0.5) is 5.69 Å². The van der Waals surface area contributed by atoms with Gasteiger partial charge in [0.05, 0.1) is 20.8 Å². The number of carbonyl (C=O) groups excluding carboxylic acids is 1. The zero-order valence-electron chi connectivity index (χ0n) is 14.6. The Bertz CT molecular complexity index is 1110. The molecule has 1 aromatic heterocycles. The van der Waals surface area contributed by atoms with Gasteiger partial charge in [-0.05, 0) is 48.9 Å². The van der Waals surface area contributed by atoms with E-state index in [-0.39, 0.29) is 5.57 Å². The summed E-state index contributed by atoms with van der Waals surface area (Å²) in [6.45, 7) is 1.81. The summed E-state index contributed by atoms with van der Waals surface area (Å²) in [6.07, 6.45) is 1.36. The Labute approximate surface area is 176 Å². The number of benzene rings is 2. The van der Waals surface area contributed by atoms with Gasteiger partial charge in [0.15, 0.2) is 0 Å². The monoisotopic (exact) mass is 430 g/mol. The van der Waals surface area contributed by atoms with Crippen LogP contribution in [0.25, 0.3) is 17.4 Å². The van der Waals surface area contributed by atoms with Crippen LogP contribution in [0.5, 0.6) is 0 Å². The smallest absolute Gasteiger partial charge is 0.266 e. The van der Waals surface area contributed by atoms with Gasteiger partial charge in [0, 0.05) is 11.6 Å². The Hall–Kier alpha value is -2.71. The molecule has 0 spiro atoms. The minimum absolute atomic E-state index is 0.116. The van der Waals surface area contributed by atoms with E-state index in [0.717, 1.165) is 11.1 Å². The van der Waals surface area contributed by atoms with E-state index < -0.39 is 5.91 Å². The highest BCUT2D eigenvalue weighted by Gasteiger charge is 2.14. The Balaban J connectivity index is 1.85. The minimum atomic E-state index is -0.578. The maximum atomic E-state index is 12.5. The van der Waals surface area contributed by atoms with Crippen molar-refractivity contribution in [3.05, 3.63) is 80.5 Å². The second kappa shape index (κ2) is 8.53. The zero-order valence-corrected chi connectivity index (χ0v) is 16.9. The predicted octanol–water partition coefficient (Wildman–Crippen LogP) is 6.76. The number of carbonyl (C=O) groups is 1. The molecule has 0 atom stereocenters. The lowest BCUT2D eigenvalue weighted by atomic mass is 10.1. The predicted molar refractivity (Wildman–Crippen MR) is 113 cm³/mol. The van der Waals surface area contributed by atoms with Crippen molar-refractivity contribution in [2.75, 3.05) is 5.32 Å². The van der Waals surface area contributed by atoms with Gasteiger partial charge in [-0.1, -0.05) is 46.9 Å². The van der Waals surface area contributed by atoms with Gasteiger partial charge < -0.3 is 9.73 Å². The molecule has 0 saturated heterocycles. The Morgan fingerprint density at radius 2 is 1.86 bits per heavy atom. The Morgan fingerprint density at radius 1 is 1.07 bits per heavy atom. The molecule has 1 N–H and O–H groups in total. The van der Waals surface area contributed by atoms with Crippen molar-refractivity contribution in [3.63, 3.8) is 0 Å². The molecule has 0 bridgehead atoms. The van der Waals surface area contributed by atoms with E-state index >= 15 is 0 Å². The molecule has 7 heteroatoms. The number of hydrogen-bond acceptors (Lipinski definition) is 3. The third-order valence-electron chi connectivity index (χ3n) is 3.94. The number of halogens is 3. The average Bonchev–Trinajstić information content (AvgIpc) is 3.13. The zero-order chi connectivity index (χ0) is 20.3. The molecule has 0 fully saturated rings. The molecule has 0 aliphatic heterocycles. The number of nitrogens with zero attached hydrogens (tertiary/aromatic N) is 1. The lowest BCUT2D eigenvalue weighted by Crippen LogP contribution is -2.14. The van der Waals surface area contributed by atoms with Crippen molar-refractivity contribution >= 4 is 52.5 Å². The lowest BCUT2D eigenvalue weighted by molar-refractivity contribution is -0.112. The highest BCUT2D eigenvalue weighted by molar-refractivity contribution is 6.42. The maximum Gasteiger partial charge on any atom is 0.266 e. The molecular formula is C21H13Cl3N2O2. The van der Waals surface area contributed by atoms with Gasteiger partial charge in [0.1, 0.15) is 23.2 Å². The largest absolute Gasteiger partial charge is 0.457 e. The molecule has 0 unspecified atom stereocenters. The van der Waals surface area contributed by atoms with E-state index in [1.165, 1.54) is 6.08 Å². The fourth-order valence-corrected chi connectivity index (χ4v) is 3.06. The molecular weight excluding hydrogens is 419 g/mol. The van der Waals surface area contributed by atoms with Crippen molar-refractivity contribution in [1.82, 2.24) is 0 Å². The highest BCUT2D eigenvalue weighted by atomic mass is 35.5. The Morgan fingerprint density at radius 3 is 2.54 bits per heavy atom. The normalized spacial score (nSPS) is 11.2. The summed E-state index contributed by atoms with van der Waals surface area (Å²) in [7, 11) is 0. The third-order valence-corrected chi connectivity index (χ3v) is 5.00. The summed E-state index contributed by atoms with van der Waals surface area (Å²) < 4.78 is 5.71. The third kappa shape index (κ3) is 4.40. The Kier molecular flexibility index (Phi) is 6.11. The molecule has 0 aliphatic carbocycles. The fraction of sp³-hybridized carbons (Fsp3) is 0.0476. The van der Waals surface area contributed by atoms with Crippen LogP contribution in [0.1, 0.15) is 11.3 Å². The van der Waals surface area contributed by atoms with Crippen LogP contribution in [0.2, 0.25) is 15.1 Å². The first-order chi connectivity index (χ1) is 13.4. The van der Waals surface area contributed by atoms with Crippen molar-refractivity contribution in [3.8, 4) is 17.4 Å². The molecule has 2 aromatic carbocycles. The lowest BCUT2D eigenvalue weighted by Gasteiger charge is -2.09. The molecule has 140 valence electrons. The number of nitrogens with one attached hydrogen (secondary N) is 1. The summed E-state index contributed by atoms with van der Waals surface area (Å²) in [5.74, 6) is 0.305. The van der Waals surface area contributed by atoms with E-state index in [9.17, 15) is 10.1 Å². The molecule has 3 aromatic rings. The number of aryl methyl sites for hydroxylation is 1. The van der Waals surface area contributed by atoms with Crippen LogP contribution in [-0.4, -0.2) is 5.91 Å². The first-order valence-electron chi connectivity index (χ1n) is 8.12. The van der Waals surface area contributed by atoms with Gasteiger partial charge in [-0.15, -0.1) is 0 Å². The number of para-hydroxylation sites is 1. The topological polar surface area (TPSA) is 66.0 Å². The van der Waals surface area contributed by atoms with Gasteiger partial charge in [-0.2, -0.15) is 5.26 Å². The first kappa shape index (κ1) is 20.0. The van der Waals surface area contributed by atoms with Gasteiger partial charge in [0.25, 0.3) is 5.91 Å². The fourth-order valence-electron chi connectivity index (χ4n) is 2.50. The number of nitriles is 1. The number of furan rings is 1. The van der Waals surface area contributed by atoms with E-state index in [4.69, 9.17) is 39.2 Å².